The van der Waals surface area contributed by atoms with Crippen LogP contribution in [0.25, 0.3) is 0 Å². The standard InChI is InChI=1S/C8H12N4O2S/c9-4-6-3-7(5-10-11-6)12-15(13,14)8-1-2-8/h3,5,8H,1-2,4,9H2,(H,11,12). The molecular formula is C8H12N4O2S. The van der Waals surface area contributed by atoms with Gasteiger partial charge in [0.15, 0.2) is 0 Å². The normalized spacial score (nSPS) is 16.3. The Hall–Kier alpha value is -1.21. The second kappa shape index (κ2) is 3.74. The maximum Gasteiger partial charge on any atom is 0.235 e. The maximum atomic E-state index is 11.6. The topological polar surface area (TPSA) is 98.0 Å². The van der Waals surface area contributed by atoms with E-state index in [2.05, 4.69) is 14.9 Å². The van der Waals surface area contributed by atoms with Crippen LogP contribution in [0.2, 0.25) is 0 Å². The molecule has 0 unspecified atom stereocenters. The largest absolute Gasteiger partial charge is 0.325 e. The smallest absolute Gasteiger partial charge is 0.235 e. The number of rotatable bonds is 4. The van der Waals surface area contributed by atoms with E-state index in [-0.39, 0.29) is 11.8 Å². The molecule has 1 saturated carbocycles. The Kier molecular flexibility index (Phi) is 2.57. The van der Waals surface area contributed by atoms with Crippen molar-refractivity contribution in [1.82, 2.24) is 10.2 Å². The first kappa shape index (κ1) is 10.3. The quantitative estimate of drug-likeness (QED) is 0.746. The molecule has 15 heavy (non-hydrogen) atoms. The Morgan fingerprint density at radius 1 is 1.53 bits per heavy atom. The predicted octanol–water partition coefficient (Wildman–Crippen LogP) is -0.161. The molecule has 6 nitrogen and oxygen atoms in total. The molecule has 3 N–H and O–H groups in total. The van der Waals surface area contributed by atoms with Crippen molar-refractivity contribution in [3.63, 3.8) is 0 Å². The number of nitrogens with zero attached hydrogens (tertiary/aromatic N) is 2. The molecule has 0 radical (unpaired) electrons. The summed E-state index contributed by atoms with van der Waals surface area (Å²) in [6.07, 6.45) is 2.84. The van der Waals surface area contributed by atoms with Crippen LogP contribution in [0, 0.1) is 0 Å². The average Bonchev–Trinajstić information content (AvgIpc) is 3.00. The minimum absolute atomic E-state index is 0.242. The van der Waals surface area contributed by atoms with Crippen LogP contribution >= 0.6 is 0 Å². The fourth-order valence-corrected chi connectivity index (χ4v) is 2.56. The zero-order valence-corrected chi connectivity index (χ0v) is 8.87. The molecule has 1 aromatic rings. The lowest BCUT2D eigenvalue weighted by atomic mass is 10.4. The molecule has 0 saturated heterocycles. The van der Waals surface area contributed by atoms with E-state index >= 15 is 0 Å². The van der Waals surface area contributed by atoms with Crippen molar-refractivity contribution in [2.75, 3.05) is 4.72 Å². The zero-order valence-electron chi connectivity index (χ0n) is 8.05. The monoisotopic (exact) mass is 228 g/mol. The van der Waals surface area contributed by atoms with Crippen LogP contribution in [-0.4, -0.2) is 23.9 Å². The van der Waals surface area contributed by atoms with Gasteiger partial charge < -0.3 is 5.73 Å². The third kappa shape index (κ3) is 2.42. The van der Waals surface area contributed by atoms with Gasteiger partial charge in [0.1, 0.15) is 0 Å². The van der Waals surface area contributed by atoms with Crippen molar-refractivity contribution >= 4 is 15.7 Å². The first-order chi connectivity index (χ1) is 7.12. The molecule has 7 heteroatoms. The third-order valence-corrected chi connectivity index (χ3v) is 4.01. The minimum Gasteiger partial charge on any atom is -0.325 e. The molecule has 1 aliphatic rings. The highest BCUT2D eigenvalue weighted by molar-refractivity contribution is 7.93. The van der Waals surface area contributed by atoms with Gasteiger partial charge in [-0.25, -0.2) is 8.42 Å². The van der Waals surface area contributed by atoms with Crippen molar-refractivity contribution in [2.45, 2.75) is 24.6 Å². The van der Waals surface area contributed by atoms with Crippen molar-refractivity contribution < 1.29 is 8.42 Å². The first-order valence-corrected chi connectivity index (χ1v) is 6.20. The Labute approximate surface area is 87.9 Å². The van der Waals surface area contributed by atoms with Crippen LogP contribution in [0.4, 0.5) is 5.69 Å². The lowest BCUT2D eigenvalue weighted by Gasteiger charge is -2.06. The van der Waals surface area contributed by atoms with Crippen molar-refractivity contribution in [1.29, 1.82) is 0 Å². The van der Waals surface area contributed by atoms with Gasteiger partial charge in [-0.15, -0.1) is 0 Å². The molecule has 0 aliphatic heterocycles. The fraction of sp³-hybridized carbons (Fsp3) is 0.500. The molecule has 1 fully saturated rings. The summed E-state index contributed by atoms with van der Waals surface area (Å²) in [5.74, 6) is 0. The number of hydrogen-bond donors (Lipinski definition) is 2. The molecule has 0 spiro atoms. The first-order valence-electron chi connectivity index (χ1n) is 4.65. The molecule has 0 atom stereocenters. The SMILES string of the molecule is NCc1cc(NS(=O)(=O)C2CC2)cnn1. The Bertz CT molecular complexity index is 455. The van der Waals surface area contributed by atoms with Gasteiger partial charge in [-0.2, -0.15) is 10.2 Å². The van der Waals surface area contributed by atoms with E-state index in [1.165, 1.54) is 6.20 Å². The van der Waals surface area contributed by atoms with Gasteiger partial charge >= 0.3 is 0 Å². The van der Waals surface area contributed by atoms with Crippen LogP contribution in [0.5, 0.6) is 0 Å². The van der Waals surface area contributed by atoms with Gasteiger partial charge in [0.25, 0.3) is 0 Å². The summed E-state index contributed by atoms with van der Waals surface area (Å²) in [5.41, 5.74) is 6.36. The number of hydrogen-bond acceptors (Lipinski definition) is 5. The summed E-state index contributed by atoms with van der Waals surface area (Å²) in [7, 11) is -3.22. The van der Waals surface area contributed by atoms with Gasteiger partial charge in [0.2, 0.25) is 10.0 Å². The van der Waals surface area contributed by atoms with Gasteiger partial charge in [0, 0.05) is 6.54 Å². The highest BCUT2D eigenvalue weighted by Crippen LogP contribution is 2.29. The van der Waals surface area contributed by atoms with E-state index in [0.717, 1.165) is 12.8 Å². The van der Waals surface area contributed by atoms with Gasteiger partial charge in [0.05, 0.1) is 22.8 Å². The second-order valence-electron chi connectivity index (χ2n) is 3.49. The molecule has 1 aliphatic carbocycles. The van der Waals surface area contributed by atoms with Gasteiger partial charge in [-0.1, -0.05) is 0 Å². The molecule has 0 aromatic carbocycles. The molecule has 0 bridgehead atoms. The van der Waals surface area contributed by atoms with Gasteiger partial charge in [-0.05, 0) is 18.9 Å². The summed E-state index contributed by atoms with van der Waals surface area (Å²) < 4.78 is 25.6. The van der Waals surface area contributed by atoms with Crippen LogP contribution < -0.4 is 10.5 Å². The zero-order chi connectivity index (χ0) is 10.9. The third-order valence-electron chi connectivity index (χ3n) is 2.14. The Morgan fingerprint density at radius 2 is 2.27 bits per heavy atom. The molecule has 1 aromatic heterocycles. The highest BCUT2D eigenvalue weighted by Gasteiger charge is 2.35. The van der Waals surface area contributed by atoms with E-state index in [0.29, 0.717) is 11.4 Å². The van der Waals surface area contributed by atoms with E-state index in [9.17, 15) is 8.42 Å². The second-order valence-corrected chi connectivity index (χ2v) is 5.45. The van der Waals surface area contributed by atoms with Crippen molar-refractivity contribution in [3.05, 3.63) is 18.0 Å². The number of nitrogens with two attached hydrogens (primary N) is 1. The van der Waals surface area contributed by atoms with Crippen molar-refractivity contribution in [2.24, 2.45) is 5.73 Å². The minimum atomic E-state index is -3.22. The van der Waals surface area contributed by atoms with Crippen LogP contribution in [-0.2, 0) is 16.6 Å². The molecular weight excluding hydrogens is 216 g/mol. The number of nitrogens with one attached hydrogen (secondary N) is 1. The molecule has 2 rings (SSSR count). The van der Waals surface area contributed by atoms with E-state index in [1.807, 2.05) is 0 Å². The molecule has 1 heterocycles. The van der Waals surface area contributed by atoms with Crippen molar-refractivity contribution in [3.8, 4) is 0 Å². The highest BCUT2D eigenvalue weighted by atomic mass is 32.2. The van der Waals surface area contributed by atoms with Gasteiger partial charge in [-0.3, -0.25) is 4.72 Å². The average molecular weight is 228 g/mol. The fourth-order valence-electron chi connectivity index (χ4n) is 1.19. The molecule has 0 amide bonds. The Balaban J connectivity index is 2.16. The summed E-state index contributed by atoms with van der Waals surface area (Å²) >= 11 is 0. The van der Waals surface area contributed by atoms with Crippen LogP contribution in [0.1, 0.15) is 18.5 Å². The van der Waals surface area contributed by atoms with Crippen LogP contribution in [0.3, 0.4) is 0 Å². The lowest BCUT2D eigenvalue weighted by Crippen LogP contribution is -2.18. The summed E-state index contributed by atoms with van der Waals surface area (Å²) in [5, 5.41) is 7.16. The van der Waals surface area contributed by atoms with E-state index in [1.54, 1.807) is 6.07 Å². The number of anilines is 1. The summed E-state index contributed by atoms with van der Waals surface area (Å²) in [6.45, 7) is 0.242. The van der Waals surface area contributed by atoms with E-state index < -0.39 is 10.0 Å². The summed E-state index contributed by atoms with van der Waals surface area (Å²) in [4.78, 5) is 0. The number of aromatic nitrogens is 2. The van der Waals surface area contributed by atoms with Crippen LogP contribution in [0.15, 0.2) is 12.3 Å². The molecule has 82 valence electrons. The lowest BCUT2D eigenvalue weighted by molar-refractivity contribution is 0.600. The summed E-state index contributed by atoms with van der Waals surface area (Å²) in [6, 6.07) is 1.59. The number of sulfonamides is 1. The maximum absolute atomic E-state index is 11.6. The van der Waals surface area contributed by atoms with E-state index in [4.69, 9.17) is 5.73 Å². The predicted molar refractivity (Wildman–Crippen MR) is 55.5 cm³/mol. The Morgan fingerprint density at radius 3 is 2.87 bits per heavy atom.